The highest BCUT2D eigenvalue weighted by Gasteiger charge is 2.44. The van der Waals surface area contributed by atoms with Gasteiger partial charge in [0.1, 0.15) is 12.4 Å². The monoisotopic (exact) mass is 546 g/mol. The van der Waals surface area contributed by atoms with Crippen LogP contribution in [0.25, 0.3) is 0 Å². The van der Waals surface area contributed by atoms with Gasteiger partial charge in [0.25, 0.3) is 5.91 Å². The van der Waals surface area contributed by atoms with Gasteiger partial charge < -0.3 is 28.8 Å². The highest BCUT2D eigenvalue weighted by Crippen LogP contribution is 2.42. The Hall–Kier alpha value is -4.04. The van der Waals surface area contributed by atoms with E-state index < -0.39 is 23.5 Å². The number of aliphatic hydroxyl groups is 1. The molecule has 1 amide bonds. The van der Waals surface area contributed by atoms with Gasteiger partial charge in [-0.2, -0.15) is 0 Å². The van der Waals surface area contributed by atoms with Crippen molar-refractivity contribution in [3.05, 3.63) is 94.6 Å². The lowest BCUT2D eigenvalue weighted by Gasteiger charge is -2.28. The number of ether oxygens (including phenoxy) is 2. The number of nitrogens with zero attached hydrogens (tertiary/aromatic N) is 2. The van der Waals surface area contributed by atoms with E-state index >= 15 is 0 Å². The zero-order valence-corrected chi connectivity index (χ0v) is 23.7. The Balaban J connectivity index is 1.68. The van der Waals surface area contributed by atoms with Crippen LogP contribution in [0, 0.1) is 6.92 Å². The Morgan fingerprint density at radius 1 is 1.00 bits per heavy atom. The predicted octanol–water partition coefficient (Wildman–Crippen LogP) is 5.88. The summed E-state index contributed by atoms with van der Waals surface area (Å²) in [6.07, 6.45) is 0.690. The average Bonchev–Trinajstić information content (AvgIpc) is 3.51. The number of rotatable bonds is 14. The van der Waals surface area contributed by atoms with Gasteiger partial charge in [-0.3, -0.25) is 9.59 Å². The second kappa shape index (κ2) is 13.3. The SMILES string of the molecule is CCOc1cc(C2C(C(=O)c3ccc(C)o3)=C(O)C(=O)N2CCCN(CC)CC)ccc1OCc1ccccc1. The van der Waals surface area contributed by atoms with Crippen LogP contribution in [0.2, 0.25) is 0 Å². The number of ketones is 1. The minimum absolute atomic E-state index is 0.00240. The highest BCUT2D eigenvalue weighted by molar-refractivity contribution is 6.15. The molecular formula is C32H38N2O6. The van der Waals surface area contributed by atoms with E-state index in [1.165, 1.54) is 0 Å². The molecule has 0 bridgehead atoms. The Bertz CT molecular complexity index is 1340. The van der Waals surface area contributed by atoms with Crippen molar-refractivity contribution in [2.24, 2.45) is 0 Å². The molecule has 40 heavy (non-hydrogen) atoms. The van der Waals surface area contributed by atoms with Gasteiger partial charge in [0.2, 0.25) is 5.78 Å². The molecule has 1 aliphatic heterocycles. The molecule has 0 saturated heterocycles. The molecule has 1 aliphatic rings. The summed E-state index contributed by atoms with van der Waals surface area (Å²) in [6, 6.07) is 17.7. The molecule has 2 heterocycles. The van der Waals surface area contributed by atoms with E-state index in [9.17, 15) is 14.7 Å². The number of hydrogen-bond donors (Lipinski definition) is 1. The van der Waals surface area contributed by atoms with Crippen molar-refractivity contribution in [1.82, 2.24) is 9.80 Å². The number of amides is 1. The van der Waals surface area contributed by atoms with Gasteiger partial charge >= 0.3 is 0 Å². The first kappa shape index (κ1) is 29.0. The third-order valence-electron chi connectivity index (χ3n) is 7.10. The van der Waals surface area contributed by atoms with Crippen molar-refractivity contribution < 1.29 is 28.6 Å². The average molecular weight is 547 g/mol. The van der Waals surface area contributed by atoms with Gasteiger partial charge in [-0.05, 0) is 75.3 Å². The van der Waals surface area contributed by atoms with Gasteiger partial charge in [0.05, 0.1) is 18.2 Å². The third kappa shape index (κ3) is 6.39. The molecule has 8 nitrogen and oxygen atoms in total. The second-order valence-corrected chi connectivity index (χ2v) is 9.70. The number of aliphatic hydroxyl groups excluding tert-OH is 1. The molecular weight excluding hydrogens is 508 g/mol. The minimum Gasteiger partial charge on any atom is -0.503 e. The summed E-state index contributed by atoms with van der Waals surface area (Å²) in [4.78, 5) is 30.8. The van der Waals surface area contributed by atoms with E-state index in [1.54, 1.807) is 36.1 Å². The summed E-state index contributed by atoms with van der Waals surface area (Å²) in [6.45, 7) is 11.6. The molecule has 1 unspecified atom stereocenters. The molecule has 2 aromatic carbocycles. The van der Waals surface area contributed by atoms with Gasteiger partial charge in [-0.1, -0.05) is 50.2 Å². The largest absolute Gasteiger partial charge is 0.503 e. The first-order valence-electron chi connectivity index (χ1n) is 13.9. The molecule has 0 spiro atoms. The Kier molecular flexibility index (Phi) is 9.66. The van der Waals surface area contributed by atoms with Crippen LogP contribution in [0.15, 0.2) is 76.4 Å². The maximum absolute atomic E-state index is 13.6. The maximum Gasteiger partial charge on any atom is 0.290 e. The fourth-order valence-corrected chi connectivity index (χ4v) is 4.97. The van der Waals surface area contributed by atoms with Crippen molar-refractivity contribution in [3.63, 3.8) is 0 Å². The first-order valence-corrected chi connectivity index (χ1v) is 13.9. The van der Waals surface area contributed by atoms with Crippen LogP contribution in [0.4, 0.5) is 0 Å². The van der Waals surface area contributed by atoms with Crippen molar-refractivity contribution in [2.45, 2.75) is 46.8 Å². The number of aryl methyl sites for hydroxylation is 1. The molecule has 0 radical (unpaired) electrons. The van der Waals surface area contributed by atoms with Crippen molar-refractivity contribution >= 4 is 11.7 Å². The third-order valence-corrected chi connectivity index (χ3v) is 7.10. The number of benzene rings is 2. The molecule has 3 aromatic rings. The summed E-state index contributed by atoms with van der Waals surface area (Å²) in [7, 11) is 0. The van der Waals surface area contributed by atoms with Gasteiger partial charge in [-0.25, -0.2) is 0 Å². The Morgan fingerprint density at radius 3 is 2.40 bits per heavy atom. The van der Waals surface area contributed by atoms with Crippen LogP contribution in [0.3, 0.4) is 0 Å². The number of furan rings is 1. The van der Waals surface area contributed by atoms with Gasteiger partial charge in [0, 0.05) is 6.54 Å². The van der Waals surface area contributed by atoms with E-state index in [0.717, 1.165) is 25.2 Å². The van der Waals surface area contributed by atoms with Gasteiger partial charge in [0.15, 0.2) is 23.0 Å². The lowest BCUT2D eigenvalue weighted by atomic mass is 9.94. The summed E-state index contributed by atoms with van der Waals surface area (Å²) in [5.41, 5.74) is 1.66. The zero-order valence-electron chi connectivity index (χ0n) is 23.7. The van der Waals surface area contributed by atoms with Gasteiger partial charge in [-0.15, -0.1) is 0 Å². The summed E-state index contributed by atoms with van der Waals surface area (Å²) >= 11 is 0. The van der Waals surface area contributed by atoms with Crippen LogP contribution < -0.4 is 9.47 Å². The second-order valence-electron chi connectivity index (χ2n) is 9.70. The van der Waals surface area contributed by atoms with E-state index in [2.05, 4.69) is 18.7 Å². The number of carbonyl (C=O) groups is 2. The smallest absolute Gasteiger partial charge is 0.290 e. The van der Waals surface area contributed by atoms with E-state index in [0.29, 0.717) is 49.0 Å². The van der Waals surface area contributed by atoms with Crippen LogP contribution >= 0.6 is 0 Å². The Labute approximate surface area is 235 Å². The fourth-order valence-electron chi connectivity index (χ4n) is 4.97. The molecule has 212 valence electrons. The van der Waals surface area contributed by atoms with Crippen molar-refractivity contribution in [1.29, 1.82) is 0 Å². The fraction of sp³-hybridized carbons (Fsp3) is 0.375. The molecule has 0 saturated carbocycles. The number of carbonyl (C=O) groups excluding carboxylic acids is 2. The summed E-state index contributed by atoms with van der Waals surface area (Å²) in [5.74, 6) is 0.0621. The van der Waals surface area contributed by atoms with E-state index in [1.807, 2.05) is 43.3 Å². The Morgan fingerprint density at radius 2 is 1.75 bits per heavy atom. The standard InChI is InChI=1S/C32H38N2O6/c1-5-33(6-2)18-11-19-34-29(28(31(36)32(34)37)30(35)26-16-14-22(4)40-26)24-15-17-25(27(20-24)38-7-3)39-21-23-12-9-8-10-13-23/h8-10,12-17,20,29,36H,5-7,11,18-19,21H2,1-4H3. The number of hydrogen-bond acceptors (Lipinski definition) is 7. The predicted molar refractivity (Wildman–Crippen MR) is 153 cm³/mol. The molecule has 8 heteroatoms. The minimum atomic E-state index is -0.801. The maximum atomic E-state index is 13.6. The first-order chi connectivity index (χ1) is 19.4. The highest BCUT2D eigenvalue weighted by atomic mass is 16.5. The van der Waals surface area contributed by atoms with Crippen molar-refractivity contribution in [3.8, 4) is 11.5 Å². The van der Waals surface area contributed by atoms with E-state index in [-0.39, 0.29) is 11.3 Å². The molecule has 1 atom stereocenters. The topological polar surface area (TPSA) is 92.5 Å². The van der Waals surface area contributed by atoms with Crippen LogP contribution in [0.1, 0.15) is 60.7 Å². The summed E-state index contributed by atoms with van der Waals surface area (Å²) in [5, 5.41) is 11.0. The van der Waals surface area contributed by atoms with Crippen LogP contribution in [-0.4, -0.2) is 59.4 Å². The normalized spacial score (nSPS) is 15.3. The van der Waals surface area contributed by atoms with Crippen LogP contribution in [0.5, 0.6) is 11.5 Å². The number of Topliss-reactive ketones (excluding diaryl/α,β-unsaturated/α-hetero) is 1. The molecule has 0 aliphatic carbocycles. The van der Waals surface area contributed by atoms with Crippen LogP contribution in [-0.2, 0) is 11.4 Å². The molecule has 1 N–H and O–H groups in total. The molecule has 0 fully saturated rings. The molecule has 4 rings (SSSR count). The molecule has 1 aromatic heterocycles. The quantitative estimate of drug-likeness (QED) is 0.253. The lowest BCUT2D eigenvalue weighted by Crippen LogP contribution is -2.34. The van der Waals surface area contributed by atoms with E-state index in [4.69, 9.17) is 13.9 Å². The van der Waals surface area contributed by atoms with Crippen molar-refractivity contribution in [2.75, 3.05) is 32.8 Å². The lowest BCUT2D eigenvalue weighted by molar-refractivity contribution is -0.129. The summed E-state index contributed by atoms with van der Waals surface area (Å²) < 4.78 is 17.6. The zero-order chi connectivity index (χ0) is 28.6.